The number of carbonyl (C=O) groups is 2. The number of aromatic nitrogens is 1. The van der Waals surface area contributed by atoms with Crippen molar-refractivity contribution >= 4 is 46.7 Å². The first-order valence-electron chi connectivity index (χ1n) is 11.5. The van der Waals surface area contributed by atoms with Crippen molar-refractivity contribution < 1.29 is 19.4 Å². The summed E-state index contributed by atoms with van der Waals surface area (Å²) in [6.45, 7) is 6.17. The summed E-state index contributed by atoms with van der Waals surface area (Å²) in [6, 6.07) is 12.7. The summed E-state index contributed by atoms with van der Waals surface area (Å²) in [4.78, 5) is 29.4. The van der Waals surface area contributed by atoms with Gasteiger partial charge in [-0.15, -0.1) is 23.1 Å². The zero-order valence-electron chi connectivity index (χ0n) is 20.5. The van der Waals surface area contributed by atoms with Gasteiger partial charge in [-0.2, -0.15) is 5.10 Å². The van der Waals surface area contributed by atoms with Crippen molar-refractivity contribution in [3.8, 4) is 11.5 Å². The lowest BCUT2D eigenvalue weighted by atomic mass is 10.0. The molecule has 2 aromatic carbocycles. The van der Waals surface area contributed by atoms with Gasteiger partial charge in [0.15, 0.2) is 17.8 Å². The fraction of sp³-hybridized carbons (Fsp3) is 0.308. The van der Waals surface area contributed by atoms with Gasteiger partial charge in [-0.1, -0.05) is 19.1 Å². The number of thiazole rings is 1. The van der Waals surface area contributed by atoms with Crippen molar-refractivity contribution in [2.75, 3.05) is 12.4 Å². The van der Waals surface area contributed by atoms with Crippen molar-refractivity contribution in [2.45, 2.75) is 44.4 Å². The van der Waals surface area contributed by atoms with E-state index in [0.717, 1.165) is 40.2 Å². The molecule has 2 atom stereocenters. The van der Waals surface area contributed by atoms with E-state index in [4.69, 9.17) is 9.84 Å². The number of anilines is 1. The van der Waals surface area contributed by atoms with Crippen LogP contribution in [0.2, 0.25) is 0 Å². The summed E-state index contributed by atoms with van der Waals surface area (Å²) in [5.74, 6) is 0.260. The van der Waals surface area contributed by atoms with Gasteiger partial charge < -0.3 is 20.0 Å². The number of nitrogens with one attached hydrogen (secondary N) is 1. The molecule has 1 aliphatic rings. The van der Waals surface area contributed by atoms with Gasteiger partial charge in [0.1, 0.15) is 10.3 Å². The van der Waals surface area contributed by atoms with Gasteiger partial charge in [-0.05, 0) is 56.2 Å². The second-order valence-electron chi connectivity index (χ2n) is 8.33. The third kappa shape index (κ3) is 5.55. The summed E-state index contributed by atoms with van der Waals surface area (Å²) in [5, 5.41) is 20.2. The van der Waals surface area contributed by atoms with Crippen LogP contribution in [0.5, 0.6) is 11.5 Å². The number of phenolic OH excluding ortho intramolecular Hbond substituents is 1. The molecule has 1 amide bonds. The molecule has 36 heavy (non-hydrogen) atoms. The summed E-state index contributed by atoms with van der Waals surface area (Å²) >= 11 is 2.91. The van der Waals surface area contributed by atoms with Crippen LogP contribution in [0.15, 0.2) is 47.6 Å². The van der Waals surface area contributed by atoms with Crippen LogP contribution in [0, 0.1) is 13.8 Å². The largest absolute Gasteiger partial charge is 0.504 e. The SMILES string of the molecule is CCC1SC(C=O)N(Cc2ccc(NC(=O)c3sc(C)nc3C)cc2)N=C1c1ccc(OC)c(O)c1. The number of rotatable bonds is 8. The first-order chi connectivity index (χ1) is 17.3. The lowest BCUT2D eigenvalue weighted by molar-refractivity contribution is -0.110. The van der Waals surface area contributed by atoms with E-state index in [-0.39, 0.29) is 16.9 Å². The van der Waals surface area contributed by atoms with Crippen molar-refractivity contribution in [3.05, 3.63) is 69.2 Å². The summed E-state index contributed by atoms with van der Waals surface area (Å²) in [6.07, 6.45) is 1.70. The van der Waals surface area contributed by atoms with Crippen LogP contribution >= 0.6 is 23.1 Å². The highest BCUT2D eigenvalue weighted by Gasteiger charge is 2.31. The van der Waals surface area contributed by atoms with Crippen molar-refractivity contribution in [1.29, 1.82) is 0 Å². The zero-order valence-corrected chi connectivity index (χ0v) is 22.2. The Balaban J connectivity index is 1.53. The van der Waals surface area contributed by atoms with Crippen LogP contribution in [0.3, 0.4) is 0 Å². The second-order valence-corrected chi connectivity index (χ2v) is 10.9. The van der Waals surface area contributed by atoms with Gasteiger partial charge in [0.2, 0.25) is 0 Å². The first-order valence-corrected chi connectivity index (χ1v) is 13.3. The van der Waals surface area contributed by atoms with Gasteiger partial charge in [0.25, 0.3) is 5.91 Å². The number of benzene rings is 2. The molecule has 0 aliphatic carbocycles. The molecule has 4 rings (SSSR count). The number of amides is 1. The minimum absolute atomic E-state index is 0.0145. The van der Waals surface area contributed by atoms with Gasteiger partial charge >= 0.3 is 0 Å². The topological polar surface area (TPSA) is 104 Å². The smallest absolute Gasteiger partial charge is 0.267 e. The molecular formula is C26H28N4O4S2. The van der Waals surface area contributed by atoms with E-state index in [0.29, 0.717) is 22.9 Å². The zero-order chi connectivity index (χ0) is 25.8. The highest BCUT2D eigenvalue weighted by molar-refractivity contribution is 8.01. The highest BCUT2D eigenvalue weighted by Crippen LogP contribution is 2.35. The molecule has 0 saturated carbocycles. The van der Waals surface area contributed by atoms with Crippen LogP contribution in [0.1, 0.15) is 44.8 Å². The molecule has 0 spiro atoms. The summed E-state index contributed by atoms with van der Waals surface area (Å²) in [7, 11) is 1.51. The Morgan fingerprint density at radius 1 is 1.22 bits per heavy atom. The average Bonchev–Trinajstić information content (AvgIpc) is 3.22. The molecule has 8 nitrogen and oxygen atoms in total. The fourth-order valence-electron chi connectivity index (χ4n) is 3.98. The number of phenols is 1. The van der Waals surface area contributed by atoms with Crippen LogP contribution in [-0.4, -0.2) is 50.7 Å². The van der Waals surface area contributed by atoms with Crippen molar-refractivity contribution in [2.24, 2.45) is 5.10 Å². The van der Waals surface area contributed by atoms with Crippen LogP contribution in [-0.2, 0) is 11.3 Å². The monoisotopic (exact) mass is 524 g/mol. The predicted octanol–water partition coefficient (Wildman–Crippen LogP) is 4.98. The molecule has 2 heterocycles. The molecular weight excluding hydrogens is 496 g/mol. The van der Waals surface area contributed by atoms with Crippen molar-refractivity contribution in [1.82, 2.24) is 9.99 Å². The number of hydrogen-bond donors (Lipinski definition) is 2. The Morgan fingerprint density at radius 2 is 1.97 bits per heavy atom. The predicted molar refractivity (Wildman–Crippen MR) is 144 cm³/mol. The minimum Gasteiger partial charge on any atom is -0.504 e. The number of aromatic hydroxyl groups is 1. The maximum atomic E-state index is 12.6. The summed E-state index contributed by atoms with van der Waals surface area (Å²) < 4.78 is 5.16. The standard InChI is InChI=1S/C26H28N4O4S2/c1-5-22-24(18-8-11-21(34-4)20(32)12-18)29-30(23(14-31)36-22)13-17-6-9-19(10-7-17)28-26(33)25-15(2)27-16(3)35-25/h6-12,14,22-23,32H,5,13H2,1-4H3,(H,28,33). The number of hydrogen-bond acceptors (Lipinski definition) is 9. The molecule has 3 aromatic rings. The van der Waals surface area contributed by atoms with Crippen LogP contribution in [0.25, 0.3) is 0 Å². The summed E-state index contributed by atoms with van der Waals surface area (Å²) in [5.41, 5.74) is 3.93. The molecule has 10 heteroatoms. The number of aryl methyl sites for hydroxylation is 2. The van der Waals surface area contributed by atoms with Gasteiger partial charge in [0, 0.05) is 11.3 Å². The lowest BCUT2D eigenvalue weighted by Crippen LogP contribution is -2.39. The Bertz CT molecular complexity index is 1290. The van der Waals surface area contributed by atoms with E-state index in [1.54, 1.807) is 28.9 Å². The van der Waals surface area contributed by atoms with Crippen molar-refractivity contribution in [3.63, 3.8) is 0 Å². The lowest BCUT2D eigenvalue weighted by Gasteiger charge is -2.34. The third-order valence-electron chi connectivity index (χ3n) is 5.77. The number of aldehydes is 1. The number of hydrazone groups is 1. The molecule has 0 radical (unpaired) electrons. The van der Waals surface area contributed by atoms with E-state index in [1.807, 2.05) is 44.2 Å². The van der Waals surface area contributed by atoms with E-state index in [2.05, 4.69) is 17.2 Å². The Kier molecular flexibility index (Phi) is 7.95. The van der Waals surface area contributed by atoms with Gasteiger partial charge in [-0.25, -0.2) is 4.98 Å². The van der Waals surface area contributed by atoms with E-state index >= 15 is 0 Å². The molecule has 188 valence electrons. The van der Waals surface area contributed by atoms with E-state index < -0.39 is 5.37 Å². The molecule has 2 unspecified atom stereocenters. The highest BCUT2D eigenvalue weighted by atomic mass is 32.2. The molecule has 0 bridgehead atoms. The Hall–Kier alpha value is -3.37. The molecule has 0 fully saturated rings. The molecule has 1 aromatic heterocycles. The Morgan fingerprint density at radius 3 is 2.56 bits per heavy atom. The normalized spacial score (nSPS) is 17.4. The number of nitrogens with zero attached hydrogens (tertiary/aromatic N) is 3. The first kappa shape index (κ1) is 25.7. The van der Waals surface area contributed by atoms with Crippen LogP contribution < -0.4 is 10.1 Å². The maximum Gasteiger partial charge on any atom is 0.267 e. The number of carbonyl (C=O) groups excluding carboxylic acids is 2. The maximum absolute atomic E-state index is 12.6. The average molecular weight is 525 g/mol. The molecule has 1 aliphatic heterocycles. The van der Waals surface area contributed by atoms with Gasteiger partial charge in [0.05, 0.1) is 35.3 Å². The number of thioether (sulfide) groups is 1. The number of ether oxygens (including phenoxy) is 1. The fourth-order valence-corrected chi connectivity index (χ4v) is 5.97. The molecule has 2 N–H and O–H groups in total. The van der Waals surface area contributed by atoms with Crippen LogP contribution in [0.4, 0.5) is 5.69 Å². The van der Waals surface area contributed by atoms with E-state index in [1.165, 1.54) is 18.4 Å². The van der Waals surface area contributed by atoms with E-state index in [9.17, 15) is 14.7 Å². The quantitative estimate of drug-likeness (QED) is 0.400. The Labute approximate surface area is 218 Å². The second kappa shape index (κ2) is 11.1. The number of methoxy groups -OCH3 is 1. The van der Waals surface area contributed by atoms with Gasteiger partial charge in [-0.3, -0.25) is 9.80 Å². The minimum atomic E-state index is -0.428. The molecule has 0 saturated heterocycles. The third-order valence-corrected chi connectivity index (χ3v) is 8.36.